The van der Waals surface area contributed by atoms with Gasteiger partial charge < -0.3 is 0 Å². The summed E-state index contributed by atoms with van der Waals surface area (Å²) in [5.74, 6) is 0.124. The first-order valence-electron chi connectivity index (χ1n) is 5.30. The summed E-state index contributed by atoms with van der Waals surface area (Å²) in [4.78, 5) is 0. The second-order valence-electron chi connectivity index (χ2n) is 3.83. The first-order chi connectivity index (χ1) is 7.85. The molecule has 0 aromatic heterocycles. The van der Waals surface area contributed by atoms with E-state index >= 15 is 0 Å². The molecule has 96 valence electrons. The second kappa shape index (κ2) is 6.05. The van der Waals surface area contributed by atoms with E-state index in [-0.39, 0.29) is 11.8 Å². The Morgan fingerprint density at radius 2 is 1.94 bits per heavy atom. The van der Waals surface area contributed by atoms with Gasteiger partial charge in [0.05, 0.1) is 15.8 Å². The van der Waals surface area contributed by atoms with Crippen LogP contribution in [-0.4, -0.2) is 14.2 Å². The van der Waals surface area contributed by atoms with Crippen LogP contribution in [-0.2, 0) is 10.0 Å². The van der Waals surface area contributed by atoms with Crippen molar-refractivity contribution in [3.05, 3.63) is 33.8 Å². The van der Waals surface area contributed by atoms with Crippen LogP contribution in [0.25, 0.3) is 0 Å². The molecule has 1 N–H and O–H groups in total. The monoisotopic (exact) mass is 295 g/mol. The molecule has 0 aliphatic carbocycles. The number of sulfonamides is 1. The maximum absolute atomic E-state index is 11.6. The summed E-state index contributed by atoms with van der Waals surface area (Å²) in [5.41, 5.74) is 0.791. The van der Waals surface area contributed by atoms with Crippen LogP contribution in [0.15, 0.2) is 18.2 Å². The Hall–Kier alpha value is -0.290. The molecule has 0 saturated carbocycles. The zero-order chi connectivity index (χ0) is 13.1. The average molecular weight is 296 g/mol. The lowest BCUT2D eigenvalue weighted by atomic mass is 10.1. The van der Waals surface area contributed by atoms with Crippen molar-refractivity contribution in [2.24, 2.45) is 0 Å². The van der Waals surface area contributed by atoms with Gasteiger partial charge in [0.2, 0.25) is 10.0 Å². The molecule has 0 radical (unpaired) electrons. The smallest absolute Gasteiger partial charge is 0.212 e. The Kier molecular flexibility index (Phi) is 5.25. The second-order valence-corrected chi connectivity index (χ2v) is 6.52. The minimum absolute atomic E-state index is 0.124. The lowest BCUT2D eigenvalue weighted by Crippen LogP contribution is -2.28. The molecule has 0 aliphatic rings. The molecular weight excluding hydrogens is 281 g/mol. The molecule has 0 bridgehead atoms. The van der Waals surface area contributed by atoms with E-state index in [0.29, 0.717) is 16.5 Å². The summed E-state index contributed by atoms with van der Waals surface area (Å²) in [7, 11) is -3.23. The fraction of sp³-hybridized carbons (Fsp3) is 0.455. The van der Waals surface area contributed by atoms with Gasteiger partial charge in [-0.25, -0.2) is 13.1 Å². The van der Waals surface area contributed by atoms with Crippen molar-refractivity contribution in [1.29, 1.82) is 0 Å². The molecule has 6 heteroatoms. The van der Waals surface area contributed by atoms with Crippen LogP contribution < -0.4 is 4.72 Å². The van der Waals surface area contributed by atoms with Crippen LogP contribution in [0.4, 0.5) is 0 Å². The van der Waals surface area contributed by atoms with Gasteiger partial charge in [-0.3, -0.25) is 0 Å². The van der Waals surface area contributed by atoms with Gasteiger partial charge in [-0.15, -0.1) is 0 Å². The molecule has 1 aromatic rings. The largest absolute Gasteiger partial charge is 0.212 e. The van der Waals surface area contributed by atoms with Gasteiger partial charge in [0.25, 0.3) is 0 Å². The van der Waals surface area contributed by atoms with Crippen molar-refractivity contribution in [2.45, 2.75) is 26.3 Å². The molecule has 0 heterocycles. The predicted octanol–water partition coefficient (Wildman–Crippen LogP) is 3.38. The minimum atomic E-state index is -3.23. The third-order valence-corrected chi connectivity index (χ3v) is 4.67. The molecule has 0 amide bonds. The molecule has 0 fully saturated rings. The first kappa shape index (κ1) is 14.8. The van der Waals surface area contributed by atoms with E-state index in [0.717, 1.165) is 5.56 Å². The molecule has 1 unspecified atom stereocenters. The lowest BCUT2D eigenvalue weighted by molar-refractivity contribution is 0.565. The molecule has 17 heavy (non-hydrogen) atoms. The fourth-order valence-electron chi connectivity index (χ4n) is 1.45. The number of benzene rings is 1. The highest BCUT2D eigenvalue weighted by Crippen LogP contribution is 2.25. The van der Waals surface area contributed by atoms with E-state index in [1.807, 2.05) is 6.92 Å². The Balaban J connectivity index is 2.83. The highest BCUT2D eigenvalue weighted by Gasteiger charge is 2.15. The van der Waals surface area contributed by atoms with Crippen molar-refractivity contribution in [3.63, 3.8) is 0 Å². The highest BCUT2D eigenvalue weighted by molar-refractivity contribution is 7.89. The third-order valence-electron chi connectivity index (χ3n) is 2.27. The molecule has 1 aromatic carbocycles. The maximum Gasteiger partial charge on any atom is 0.212 e. The number of nitrogens with one attached hydrogen (secondary N) is 1. The fourth-order valence-corrected chi connectivity index (χ4v) is 3.08. The van der Waals surface area contributed by atoms with Crippen LogP contribution in [0.2, 0.25) is 10.0 Å². The number of halogens is 2. The van der Waals surface area contributed by atoms with Gasteiger partial charge in [-0.05, 0) is 31.0 Å². The molecular formula is C11H15Cl2NO2S. The van der Waals surface area contributed by atoms with Gasteiger partial charge in [0.1, 0.15) is 0 Å². The molecule has 0 saturated heterocycles. The molecule has 0 aliphatic heterocycles. The normalized spacial score (nSPS) is 13.6. The van der Waals surface area contributed by atoms with Crippen LogP contribution in [0, 0.1) is 0 Å². The maximum atomic E-state index is 11.6. The van der Waals surface area contributed by atoms with Crippen LogP contribution >= 0.6 is 23.2 Å². The first-order valence-corrected chi connectivity index (χ1v) is 7.71. The van der Waals surface area contributed by atoms with E-state index in [2.05, 4.69) is 4.72 Å². The van der Waals surface area contributed by atoms with Crippen LogP contribution in [0.5, 0.6) is 0 Å². The molecule has 1 rings (SSSR count). The van der Waals surface area contributed by atoms with Crippen molar-refractivity contribution in [2.75, 3.05) is 5.75 Å². The summed E-state index contributed by atoms with van der Waals surface area (Å²) in [6.45, 7) is 3.59. The molecule has 3 nitrogen and oxygen atoms in total. The zero-order valence-electron chi connectivity index (χ0n) is 9.70. The van der Waals surface area contributed by atoms with E-state index in [9.17, 15) is 8.42 Å². The van der Waals surface area contributed by atoms with Crippen LogP contribution in [0.3, 0.4) is 0 Å². The van der Waals surface area contributed by atoms with Crippen LogP contribution in [0.1, 0.15) is 31.9 Å². The highest BCUT2D eigenvalue weighted by atomic mass is 35.5. The van der Waals surface area contributed by atoms with Gasteiger partial charge in [-0.2, -0.15) is 0 Å². The lowest BCUT2D eigenvalue weighted by Gasteiger charge is -2.14. The average Bonchev–Trinajstić information content (AvgIpc) is 2.21. The third kappa shape index (κ3) is 4.47. The minimum Gasteiger partial charge on any atom is -0.212 e. The zero-order valence-corrected chi connectivity index (χ0v) is 12.0. The van der Waals surface area contributed by atoms with E-state index in [1.165, 1.54) is 0 Å². The van der Waals surface area contributed by atoms with E-state index in [4.69, 9.17) is 23.2 Å². The summed E-state index contributed by atoms with van der Waals surface area (Å²) in [6, 6.07) is 4.77. The Morgan fingerprint density at radius 3 is 2.47 bits per heavy atom. The summed E-state index contributed by atoms with van der Waals surface area (Å²) in [6.07, 6.45) is 0.587. The Bertz CT molecular complexity index is 488. The summed E-state index contributed by atoms with van der Waals surface area (Å²) in [5, 5.41) is 0.879. The van der Waals surface area contributed by atoms with Crippen molar-refractivity contribution >= 4 is 33.2 Å². The topological polar surface area (TPSA) is 46.2 Å². The van der Waals surface area contributed by atoms with Crippen molar-refractivity contribution < 1.29 is 8.42 Å². The quantitative estimate of drug-likeness (QED) is 0.905. The molecule has 1 atom stereocenters. The summed E-state index contributed by atoms with van der Waals surface area (Å²) >= 11 is 11.7. The number of rotatable bonds is 5. The molecule has 0 spiro atoms. The van der Waals surface area contributed by atoms with Gasteiger partial charge >= 0.3 is 0 Å². The predicted molar refractivity (Wildman–Crippen MR) is 72.1 cm³/mol. The van der Waals surface area contributed by atoms with E-state index < -0.39 is 10.0 Å². The Labute approximate surface area is 112 Å². The van der Waals surface area contributed by atoms with Crippen molar-refractivity contribution in [3.8, 4) is 0 Å². The van der Waals surface area contributed by atoms with Gasteiger partial charge in [0, 0.05) is 6.04 Å². The number of hydrogen-bond donors (Lipinski definition) is 1. The van der Waals surface area contributed by atoms with Crippen molar-refractivity contribution in [1.82, 2.24) is 4.72 Å². The Morgan fingerprint density at radius 1 is 1.29 bits per heavy atom. The van der Waals surface area contributed by atoms with E-state index in [1.54, 1.807) is 25.1 Å². The SMILES string of the molecule is CCCS(=O)(=O)NC(C)c1ccc(Cl)c(Cl)c1. The van der Waals surface area contributed by atoms with Gasteiger partial charge in [-0.1, -0.05) is 36.2 Å². The standard InChI is InChI=1S/C11H15Cl2NO2S/c1-3-6-17(15,16)14-8(2)9-4-5-10(12)11(13)7-9/h4-5,7-8,14H,3,6H2,1-2H3. The van der Waals surface area contributed by atoms with Gasteiger partial charge in [0.15, 0.2) is 0 Å². The number of hydrogen-bond acceptors (Lipinski definition) is 2. The summed E-state index contributed by atoms with van der Waals surface area (Å²) < 4.78 is 25.8.